The zero-order valence-electron chi connectivity index (χ0n) is 19.3. The van der Waals surface area contributed by atoms with E-state index in [4.69, 9.17) is 11.7 Å². The number of carbonyl (C=O) groups is 3. The molecule has 0 unspecified atom stereocenters. The van der Waals surface area contributed by atoms with Gasteiger partial charge in [-0.1, -0.05) is 34.9 Å². The molecule has 0 aromatic carbocycles. The fourth-order valence-corrected chi connectivity index (χ4v) is 3.58. The molecule has 0 radical (unpaired) electrons. The molecule has 1 atom stereocenters. The Kier molecular flexibility index (Phi) is 16.4. The van der Waals surface area contributed by atoms with Crippen LogP contribution in [0.5, 0.6) is 0 Å². The van der Waals surface area contributed by atoms with Gasteiger partial charge >= 0.3 is 0 Å². The van der Waals surface area contributed by atoms with E-state index in [1.807, 2.05) is 5.43 Å². The lowest BCUT2D eigenvalue weighted by Crippen LogP contribution is -2.50. The largest absolute Gasteiger partial charge is 0.343 e. The minimum Gasteiger partial charge on any atom is -0.343 e. The molecule has 3 amide bonds. The predicted molar refractivity (Wildman–Crippen MR) is 129 cm³/mol. The molecule has 0 heterocycles. The van der Waals surface area contributed by atoms with Crippen molar-refractivity contribution in [2.45, 2.75) is 72.3 Å². The molecule has 0 saturated carbocycles. The molecule has 8 nitrogen and oxygen atoms in total. The van der Waals surface area contributed by atoms with E-state index in [9.17, 15) is 14.4 Å². The first kappa shape index (κ1) is 28.9. The van der Waals surface area contributed by atoms with E-state index in [0.717, 1.165) is 31.4 Å². The van der Waals surface area contributed by atoms with Crippen LogP contribution in [0.2, 0.25) is 0 Å². The summed E-state index contributed by atoms with van der Waals surface area (Å²) < 4.78 is 0. The SMILES string of the molecule is CC(C)=CCC/C(C)=C/CC/C(C)=C/CSC[C@H](NC(=O)CCC(=O)NN)C(=O)NN. The van der Waals surface area contributed by atoms with Gasteiger partial charge in [0.1, 0.15) is 6.04 Å². The van der Waals surface area contributed by atoms with E-state index in [0.29, 0.717) is 5.75 Å². The molecule has 0 spiro atoms. The predicted octanol–water partition coefficient (Wildman–Crippen LogP) is 2.38. The minimum atomic E-state index is -0.761. The zero-order valence-corrected chi connectivity index (χ0v) is 20.1. The average Bonchev–Trinajstić information content (AvgIpc) is 2.73. The van der Waals surface area contributed by atoms with Gasteiger partial charge in [0.25, 0.3) is 5.91 Å². The first-order valence-electron chi connectivity index (χ1n) is 10.5. The number of rotatable bonds is 15. The van der Waals surface area contributed by atoms with Crippen LogP contribution in [0.1, 0.15) is 66.2 Å². The van der Waals surface area contributed by atoms with Crippen molar-refractivity contribution in [3.05, 3.63) is 34.9 Å². The highest BCUT2D eigenvalue weighted by Gasteiger charge is 2.20. The molecule has 0 aliphatic carbocycles. The van der Waals surface area contributed by atoms with Crippen molar-refractivity contribution in [2.75, 3.05) is 11.5 Å². The van der Waals surface area contributed by atoms with E-state index in [2.05, 4.69) is 56.7 Å². The van der Waals surface area contributed by atoms with Crippen LogP contribution in [0.25, 0.3) is 0 Å². The van der Waals surface area contributed by atoms with Crippen molar-refractivity contribution in [2.24, 2.45) is 11.7 Å². The summed E-state index contributed by atoms with van der Waals surface area (Å²) in [7, 11) is 0. The summed E-state index contributed by atoms with van der Waals surface area (Å²) in [5.41, 5.74) is 8.08. The smallest absolute Gasteiger partial charge is 0.257 e. The standard InChI is InChI=1S/C22H39N5O3S/c1-16(2)7-5-8-17(3)9-6-10-18(4)13-14-31-15-19(22(30)27-24)25-20(28)11-12-21(29)26-23/h7,9,13,19H,5-6,8,10-12,14-15,23-24H2,1-4H3,(H,25,28)(H,26,29)(H,27,30)/b17-9+,18-13+/t19-/m0/s1. The number of nitrogens with two attached hydrogens (primary N) is 2. The molecule has 0 aliphatic rings. The lowest BCUT2D eigenvalue weighted by Gasteiger charge is -2.16. The Bertz CT molecular complexity index is 670. The highest BCUT2D eigenvalue weighted by molar-refractivity contribution is 7.99. The summed E-state index contributed by atoms with van der Waals surface area (Å²) in [6, 6.07) is -0.761. The number of amides is 3. The molecule has 176 valence electrons. The summed E-state index contributed by atoms with van der Waals surface area (Å²) in [6.07, 6.45) is 10.8. The van der Waals surface area contributed by atoms with Crippen LogP contribution < -0.4 is 27.9 Å². The fraction of sp³-hybridized carbons (Fsp3) is 0.591. The molecule has 0 saturated heterocycles. The van der Waals surface area contributed by atoms with Gasteiger partial charge in [0, 0.05) is 24.3 Å². The summed E-state index contributed by atoms with van der Waals surface area (Å²) in [6.45, 7) is 8.51. The number of hydrogen-bond acceptors (Lipinski definition) is 6. The maximum Gasteiger partial charge on any atom is 0.257 e. The van der Waals surface area contributed by atoms with Crippen LogP contribution in [-0.4, -0.2) is 35.3 Å². The molecular weight excluding hydrogens is 414 g/mol. The van der Waals surface area contributed by atoms with Gasteiger partial charge in [0.05, 0.1) is 0 Å². The molecular formula is C22H39N5O3S. The molecule has 7 N–H and O–H groups in total. The Morgan fingerprint density at radius 1 is 0.806 bits per heavy atom. The van der Waals surface area contributed by atoms with Crippen molar-refractivity contribution in [3.8, 4) is 0 Å². The lowest BCUT2D eigenvalue weighted by atomic mass is 10.1. The summed E-state index contributed by atoms with van der Waals surface area (Å²) in [4.78, 5) is 34.9. The number of allylic oxidation sites excluding steroid dienone is 5. The Balaban J connectivity index is 4.34. The normalized spacial score (nSPS) is 12.7. The van der Waals surface area contributed by atoms with Crippen molar-refractivity contribution in [1.82, 2.24) is 16.2 Å². The molecule has 0 fully saturated rings. The van der Waals surface area contributed by atoms with Crippen molar-refractivity contribution in [3.63, 3.8) is 0 Å². The maximum absolute atomic E-state index is 11.9. The summed E-state index contributed by atoms with van der Waals surface area (Å²) in [5.74, 6) is 9.98. The molecule has 0 aliphatic heterocycles. The van der Waals surface area contributed by atoms with Gasteiger partial charge in [-0.2, -0.15) is 11.8 Å². The minimum absolute atomic E-state index is 0.0444. The quantitative estimate of drug-likeness (QED) is 0.0848. The van der Waals surface area contributed by atoms with Gasteiger partial charge in [0.2, 0.25) is 11.8 Å². The summed E-state index contributed by atoms with van der Waals surface area (Å²) >= 11 is 1.53. The monoisotopic (exact) mass is 453 g/mol. The van der Waals surface area contributed by atoms with Crippen LogP contribution in [-0.2, 0) is 14.4 Å². The van der Waals surface area contributed by atoms with Gasteiger partial charge in [-0.3, -0.25) is 25.2 Å². The van der Waals surface area contributed by atoms with Crippen LogP contribution in [0.3, 0.4) is 0 Å². The van der Waals surface area contributed by atoms with E-state index < -0.39 is 23.8 Å². The second-order valence-electron chi connectivity index (χ2n) is 7.69. The Labute approximate surface area is 190 Å². The van der Waals surface area contributed by atoms with E-state index in [1.54, 1.807) is 0 Å². The van der Waals surface area contributed by atoms with Gasteiger partial charge < -0.3 is 5.32 Å². The van der Waals surface area contributed by atoms with Crippen LogP contribution >= 0.6 is 11.8 Å². The van der Waals surface area contributed by atoms with Crippen molar-refractivity contribution < 1.29 is 14.4 Å². The Morgan fingerprint density at radius 2 is 1.39 bits per heavy atom. The number of thioether (sulfide) groups is 1. The molecule has 0 rings (SSSR count). The third-order valence-corrected chi connectivity index (χ3v) is 5.46. The molecule has 31 heavy (non-hydrogen) atoms. The van der Waals surface area contributed by atoms with Gasteiger partial charge in [-0.15, -0.1) is 0 Å². The zero-order chi connectivity index (χ0) is 23.6. The molecule has 9 heteroatoms. The van der Waals surface area contributed by atoms with E-state index in [-0.39, 0.29) is 12.8 Å². The molecule has 0 aromatic heterocycles. The number of hydrogen-bond donors (Lipinski definition) is 5. The van der Waals surface area contributed by atoms with Gasteiger partial charge in [-0.25, -0.2) is 11.7 Å². The average molecular weight is 454 g/mol. The fourth-order valence-electron chi connectivity index (χ4n) is 2.58. The lowest BCUT2D eigenvalue weighted by molar-refractivity contribution is -0.129. The molecule has 0 aromatic rings. The van der Waals surface area contributed by atoms with E-state index >= 15 is 0 Å². The number of hydrazine groups is 2. The number of carbonyl (C=O) groups excluding carboxylic acids is 3. The second-order valence-corrected chi connectivity index (χ2v) is 8.77. The van der Waals surface area contributed by atoms with Crippen LogP contribution in [0, 0.1) is 0 Å². The highest BCUT2D eigenvalue weighted by atomic mass is 32.2. The van der Waals surface area contributed by atoms with Crippen molar-refractivity contribution >= 4 is 29.5 Å². The van der Waals surface area contributed by atoms with Gasteiger partial charge in [-0.05, 0) is 53.4 Å². The second kappa shape index (κ2) is 17.6. The molecule has 0 bridgehead atoms. The Hall–Kier alpha value is -2.10. The number of nitrogens with one attached hydrogen (secondary N) is 3. The van der Waals surface area contributed by atoms with Crippen LogP contribution in [0.4, 0.5) is 0 Å². The maximum atomic E-state index is 11.9. The first-order chi connectivity index (χ1) is 14.7. The third kappa shape index (κ3) is 16.3. The highest BCUT2D eigenvalue weighted by Crippen LogP contribution is 2.13. The summed E-state index contributed by atoms with van der Waals surface area (Å²) in [5, 5.41) is 2.60. The van der Waals surface area contributed by atoms with E-state index in [1.165, 1.54) is 28.5 Å². The first-order valence-corrected chi connectivity index (χ1v) is 11.7. The van der Waals surface area contributed by atoms with Gasteiger partial charge in [0.15, 0.2) is 0 Å². The third-order valence-electron chi connectivity index (χ3n) is 4.49. The topological polar surface area (TPSA) is 139 Å². The van der Waals surface area contributed by atoms with Crippen LogP contribution in [0.15, 0.2) is 34.9 Å². The van der Waals surface area contributed by atoms with Crippen molar-refractivity contribution in [1.29, 1.82) is 0 Å². The Morgan fingerprint density at radius 3 is 1.97 bits per heavy atom.